The van der Waals surface area contributed by atoms with Crippen molar-refractivity contribution in [1.29, 1.82) is 0 Å². The number of piperidine rings is 1. The van der Waals surface area contributed by atoms with Gasteiger partial charge in [-0.3, -0.25) is 9.59 Å². The highest BCUT2D eigenvalue weighted by Gasteiger charge is 2.36. The van der Waals surface area contributed by atoms with Crippen LogP contribution in [0.25, 0.3) is 11.1 Å². The van der Waals surface area contributed by atoms with Gasteiger partial charge in [0.05, 0.1) is 5.75 Å². The smallest absolute Gasteiger partial charge is 0.257 e. The van der Waals surface area contributed by atoms with Crippen LogP contribution in [-0.4, -0.2) is 39.2 Å². The van der Waals surface area contributed by atoms with E-state index in [0.29, 0.717) is 36.5 Å². The molecule has 2 aliphatic heterocycles. The molecule has 0 spiro atoms. The molecule has 27 heavy (non-hydrogen) atoms. The van der Waals surface area contributed by atoms with Crippen LogP contribution in [0.15, 0.2) is 56.9 Å². The molecular weight excluding hydrogens is 362 g/mol. The molecule has 1 saturated heterocycles. The summed E-state index contributed by atoms with van der Waals surface area (Å²) in [7, 11) is 0. The Balaban J connectivity index is 1.28. The standard InChI is InChI=1S/C20H19N3O3S/c24-18-7-3-5-16-14-8-13(10-23(16)18)9-22(11-14)19(25)12-27-20-21-15-4-1-2-6-17(15)26-20/h1-7,13-14H,8-12H2/t13-,14+/m1/s1. The highest BCUT2D eigenvalue weighted by molar-refractivity contribution is 7.99. The van der Waals surface area contributed by atoms with E-state index in [-0.39, 0.29) is 17.4 Å². The molecule has 138 valence electrons. The predicted molar refractivity (Wildman–Crippen MR) is 103 cm³/mol. The third kappa shape index (κ3) is 3.06. The van der Waals surface area contributed by atoms with Gasteiger partial charge in [0, 0.05) is 37.3 Å². The van der Waals surface area contributed by atoms with E-state index in [0.717, 1.165) is 23.2 Å². The van der Waals surface area contributed by atoms with Crippen molar-refractivity contribution in [3.8, 4) is 0 Å². The first-order chi connectivity index (χ1) is 13.2. The number of likely N-dealkylation sites (tertiary alicyclic amines) is 1. The van der Waals surface area contributed by atoms with Crippen molar-refractivity contribution in [2.75, 3.05) is 18.8 Å². The molecule has 0 saturated carbocycles. The van der Waals surface area contributed by atoms with Crippen LogP contribution in [0, 0.1) is 5.92 Å². The molecule has 2 atom stereocenters. The van der Waals surface area contributed by atoms with Gasteiger partial charge in [-0.1, -0.05) is 30.0 Å². The summed E-state index contributed by atoms with van der Waals surface area (Å²) in [5, 5.41) is 0.527. The van der Waals surface area contributed by atoms with Gasteiger partial charge in [0.15, 0.2) is 5.58 Å². The number of oxazole rings is 1. The van der Waals surface area contributed by atoms with Gasteiger partial charge in [0.1, 0.15) is 5.52 Å². The number of thioether (sulfide) groups is 1. The van der Waals surface area contributed by atoms with Crippen molar-refractivity contribution in [1.82, 2.24) is 14.5 Å². The van der Waals surface area contributed by atoms with Gasteiger partial charge < -0.3 is 13.9 Å². The van der Waals surface area contributed by atoms with E-state index in [9.17, 15) is 9.59 Å². The SMILES string of the molecule is O=C(CSc1nc2ccccc2o1)N1C[C@H]2C[C@@H](C1)c1cccc(=O)n1C2. The largest absolute Gasteiger partial charge is 0.431 e. The summed E-state index contributed by atoms with van der Waals surface area (Å²) in [6.45, 7) is 2.09. The average molecular weight is 381 g/mol. The molecule has 0 unspecified atom stereocenters. The number of nitrogens with zero attached hydrogens (tertiary/aromatic N) is 3. The third-order valence-corrected chi connectivity index (χ3v) is 6.24. The van der Waals surface area contributed by atoms with Crippen LogP contribution in [0.1, 0.15) is 18.0 Å². The Morgan fingerprint density at radius 3 is 2.93 bits per heavy atom. The van der Waals surface area contributed by atoms with Crippen molar-refractivity contribution in [2.45, 2.75) is 24.1 Å². The van der Waals surface area contributed by atoms with E-state index in [4.69, 9.17) is 4.42 Å². The second kappa shape index (κ2) is 6.56. The van der Waals surface area contributed by atoms with E-state index in [2.05, 4.69) is 4.98 Å². The highest BCUT2D eigenvalue weighted by atomic mass is 32.2. The second-order valence-electron chi connectivity index (χ2n) is 7.23. The summed E-state index contributed by atoms with van der Waals surface area (Å²) in [5.74, 6) is 0.997. The lowest BCUT2D eigenvalue weighted by Gasteiger charge is -2.42. The van der Waals surface area contributed by atoms with Crippen LogP contribution in [0.3, 0.4) is 0 Å². The van der Waals surface area contributed by atoms with Crippen LogP contribution >= 0.6 is 11.8 Å². The summed E-state index contributed by atoms with van der Waals surface area (Å²) in [6, 6.07) is 13.0. The number of carbonyl (C=O) groups is 1. The van der Waals surface area contributed by atoms with Crippen LogP contribution in [0.2, 0.25) is 0 Å². The van der Waals surface area contributed by atoms with Crippen molar-refractivity contribution >= 4 is 28.8 Å². The number of hydrogen-bond acceptors (Lipinski definition) is 5. The van der Waals surface area contributed by atoms with Crippen LogP contribution in [0.5, 0.6) is 0 Å². The quantitative estimate of drug-likeness (QED) is 0.653. The van der Waals surface area contributed by atoms with Crippen molar-refractivity contribution in [3.63, 3.8) is 0 Å². The fourth-order valence-corrected chi connectivity index (χ4v) is 4.97. The minimum atomic E-state index is 0.0634. The normalized spacial score (nSPS) is 21.3. The minimum Gasteiger partial charge on any atom is -0.431 e. The first kappa shape index (κ1) is 16.6. The zero-order valence-electron chi connectivity index (χ0n) is 14.7. The maximum absolute atomic E-state index is 12.8. The lowest BCUT2D eigenvalue weighted by molar-refractivity contribution is -0.131. The Morgan fingerprint density at radius 2 is 2.04 bits per heavy atom. The summed E-state index contributed by atoms with van der Waals surface area (Å²) in [5.41, 5.74) is 2.67. The summed E-state index contributed by atoms with van der Waals surface area (Å²) >= 11 is 1.34. The predicted octanol–water partition coefficient (Wildman–Crippen LogP) is 2.73. The van der Waals surface area contributed by atoms with Crippen LogP contribution in [0.4, 0.5) is 0 Å². The summed E-state index contributed by atoms with van der Waals surface area (Å²) in [6.07, 6.45) is 1.05. The number of fused-ring (bicyclic) bond motifs is 5. The number of amides is 1. The van der Waals surface area contributed by atoms with Crippen molar-refractivity contribution in [2.24, 2.45) is 5.92 Å². The molecule has 1 amide bonds. The molecule has 2 bridgehead atoms. The average Bonchev–Trinajstić information content (AvgIpc) is 3.10. The number of benzene rings is 1. The number of hydrogen-bond donors (Lipinski definition) is 0. The molecule has 4 heterocycles. The molecule has 6 nitrogen and oxygen atoms in total. The number of aromatic nitrogens is 2. The number of para-hydroxylation sites is 2. The minimum absolute atomic E-state index is 0.0634. The topological polar surface area (TPSA) is 68.3 Å². The summed E-state index contributed by atoms with van der Waals surface area (Å²) in [4.78, 5) is 31.2. The van der Waals surface area contributed by atoms with Gasteiger partial charge in [-0.2, -0.15) is 0 Å². The van der Waals surface area contributed by atoms with E-state index in [1.807, 2.05) is 45.9 Å². The maximum Gasteiger partial charge on any atom is 0.257 e. The number of rotatable bonds is 3. The van der Waals surface area contributed by atoms with Crippen LogP contribution < -0.4 is 5.56 Å². The van der Waals surface area contributed by atoms with E-state index >= 15 is 0 Å². The van der Waals surface area contributed by atoms with Crippen LogP contribution in [-0.2, 0) is 11.3 Å². The van der Waals surface area contributed by atoms with Gasteiger partial charge in [-0.15, -0.1) is 0 Å². The lowest BCUT2D eigenvalue weighted by Crippen LogP contribution is -2.49. The first-order valence-electron chi connectivity index (χ1n) is 9.13. The first-order valence-corrected chi connectivity index (χ1v) is 10.1. The lowest BCUT2D eigenvalue weighted by atomic mass is 9.83. The molecule has 5 rings (SSSR count). The molecule has 1 fully saturated rings. The molecule has 0 N–H and O–H groups in total. The van der Waals surface area contributed by atoms with Gasteiger partial charge in [0.2, 0.25) is 5.91 Å². The van der Waals surface area contributed by atoms with Crippen molar-refractivity contribution < 1.29 is 9.21 Å². The highest BCUT2D eigenvalue weighted by Crippen LogP contribution is 2.35. The maximum atomic E-state index is 12.8. The zero-order valence-corrected chi connectivity index (χ0v) is 15.5. The Morgan fingerprint density at radius 1 is 1.15 bits per heavy atom. The van der Waals surface area contributed by atoms with Gasteiger partial charge in [-0.25, -0.2) is 4.98 Å². The molecular formula is C20H19N3O3S. The Kier molecular flexibility index (Phi) is 4.04. The molecule has 0 radical (unpaired) electrons. The fourth-order valence-electron chi connectivity index (χ4n) is 4.23. The van der Waals surface area contributed by atoms with E-state index in [1.165, 1.54) is 11.8 Å². The number of carbonyl (C=O) groups excluding carboxylic acids is 1. The molecule has 0 aliphatic carbocycles. The monoisotopic (exact) mass is 381 g/mol. The van der Waals surface area contributed by atoms with Gasteiger partial charge in [0.25, 0.3) is 10.8 Å². The summed E-state index contributed by atoms with van der Waals surface area (Å²) < 4.78 is 7.57. The molecule has 7 heteroatoms. The number of pyridine rings is 1. The third-order valence-electron chi connectivity index (χ3n) is 5.43. The molecule has 2 aromatic heterocycles. The Hall–Kier alpha value is -2.54. The Bertz CT molecular complexity index is 1040. The van der Waals surface area contributed by atoms with Crippen molar-refractivity contribution in [3.05, 3.63) is 58.5 Å². The van der Waals surface area contributed by atoms with Gasteiger partial charge >= 0.3 is 0 Å². The Labute approximate surface area is 160 Å². The second-order valence-corrected chi connectivity index (χ2v) is 8.16. The van der Waals surface area contributed by atoms with E-state index in [1.54, 1.807) is 6.07 Å². The fraction of sp³-hybridized carbons (Fsp3) is 0.350. The molecule has 2 aliphatic rings. The molecule has 3 aromatic rings. The van der Waals surface area contributed by atoms with E-state index < -0.39 is 0 Å². The van der Waals surface area contributed by atoms with Gasteiger partial charge in [-0.05, 0) is 30.5 Å². The zero-order chi connectivity index (χ0) is 18.4. The molecule has 1 aromatic carbocycles.